The van der Waals surface area contributed by atoms with Gasteiger partial charge < -0.3 is 5.32 Å². The smallest absolute Gasteiger partial charge is 0.269 e. The fourth-order valence-electron chi connectivity index (χ4n) is 2.42. The lowest BCUT2D eigenvalue weighted by molar-refractivity contribution is -0.384. The summed E-state index contributed by atoms with van der Waals surface area (Å²) in [5.41, 5.74) is 0.355. The summed E-state index contributed by atoms with van der Waals surface area (Å²) in [5, 5.41) is 15.5. The van der Waals surface area contributed by atoms with Crippen molar-refractivity contribution in [2.75, 3.05) is 11.9 Å². The minimum absolute atomic E-state index is 0.0506. The van der Waals surface area contributed by atoms with Gasteiger partial charge in [-0.15, -0.1) is 17.9 Å². The molecule has 11 heteroatoms. The lowest BCUT2D eigenvalue weighted by Gasteiger charge is -2.13. The Bertz CT molecular complexity index is 928. The molecule has 1 atom stereocenters. The second-order valence-electron chi connectivity index (χ2n) is 5.61. The molecule has 1 saturated heterocycles. The van der Waals surface area contributed by atoms with E-state index in [9.17, 15) is 19.7 Å². The number of thioether (sulfide) groups is 1. The number of nitrogens with zero attached hydrogens (tertiary/aromatic N) is 4. The molecule has 1 aliphatic rings. The highest BCUT2D eigenvalue weighted by Crippen LogP contribution is 2.32. The molecule has 1 unspecified atom stereocenters. The van der Waals surface area contributed by atoms with E-state index in [4.69, 9.17) is 0 Å². The van der Waals surface area contributed by atoms with Gasteiger partial charge in [-0.25, -0.2) is 4.98 Å². The van der Waals surface area contributed by atoms with Crippen LogP contribution in [-0.4, -0.2) is 43.6 Å². The molecule has 0 spiro atoms. The summed E-state index contributed by atoms with van der Waals surface area (Å²) >= 11 is 2.55. The van der Waals surface area contributed by atoms with E-state index in [-0.39, 0.29) is 30.5 Å². The molecule has 2 aromatic rings. The van der Waals surface area contributed by atoms with Crippen molar-refractivity contribution >= 4 is 56.6 Å². The van der Waals surface area contributed by atoms with Gasteiger partial charge >= 0.3 is 0 Å². The monoisotopic (exact) mass is 417 g/mol. The van der Waals surface area contributed by atoms with Gasteiger partial charge in [-0.3, -0.25) is 24.6 Å². The van der Waals surface area contributed by atoms with Crippen LogP contribution in [0.2, 0.25) is 0 Å². The Morgan fingerprint density at radius 3 is 2.79 bits per heavy atom. The third-order valence-electron chi connectivity index (χ3n) is 3.67. The zero-order valence-corrected chi connectivity index (χ0v) is 16.1. The Morgan fingerprint density at radius 2 is 2.18 bits per heavy atom. The van der Waals surface area contributed by atoms with Crippen molar-refractivity contribution in [2.45, 2.75) is 11.7 Å². The number of amides is 2. The zero-order valence-electron chi connectivity index (χ0n) is 14.5. The maximum atomic E-state index is 12.6. The number of carbonyl (C=O) groups is 2. The van der Waals surface area contributed by atoms with Crippen LogP contribution in [0.4, 0.5) is 16.5 Å². The molecule has 3 rings (SSSR count). The van der Waals surface area contributed by atoms with Crippen LogP contribution in [0.25, 0.3) is 0 Å². The van der Waals surface area contributed by atoms with Crippen molar-refractivity contribution in [3.05, 3.63) is 58.6 Å². The molecule has 144 valence electrons. The van der Waals surface area contributed by atoms with E-state index in [2.05, 4.69) is 21.9 Å². The highest BCUT2D eigenvalue weighted by molar-refractivity contribution is 8.15. The van der Waals surface area contributed by atoms with Crippen molar-refractivity contribution in [3.63, 3.8) is 0 Å². The Hall–Kier alpha value is -3.05. The van der Waals surface area contributed by atoms with Gasteiger partial charge in [0, 0.05) is 42.4 Å². The number of rotatable bonds is 7. The number of hydrogen-bond acceptors (Lipinski definition) is 8. The van der Waals surface area contributed by atoms with Gasteiger partial charge in [0.2, 0.25) is 16.9 Å². The van der Waals surface area contributed by atoms with Crippen molar-refractivity contribution in [3.8, 4) is 0 Å². The van der Waals surface area contributed by atoms with Crippen LogP contribution in [-0.2, 0) is 9.59 Å². The first-order chi connectivity index (χ1) is 13.5. The van der Waals surface area contributed by atoms with Crippen LogP contribution >= 0.6 is 23.1 Å². The van der Waals surface area contributed by atoms with Crippen molar-refractivity contribution < 1.29 is 14.5 Å². The van der Waals surface area contributed by atoms with Gasteiger partial charge in [-0.2, -0.15) is 4.99 Å². The molecule has 0 aliphatic carbocycles. The van der Waals surface area contributed by atoms with Crippen molar-refractivity contribution in [2.24, 2.45) is 4.99 Å². The standard InChI is InChI=1S/C17H15N5O4S2/c1-2-8-21-15(24)13(28-17(21)20-16-18-7-9-27-16)10-14(23)19-11-3-5-12(6-4-11)22(25)26/h2-7,9,13H,1,8,10H2,(H,19,23)/b20-17+. The highest BCUT2D eigenvalue weighted by atomic mass is 32.2. The first kappa shape index (κ1) is 19.7. The zero-order chi connectivity index (χ0) is 20.1. The summed E-state index contributed by atoms with van der Waals surface area (Å²) < 4.78 is 0. The van der Waals surface area contributed by atoms with Gasteiger partial charge in [0.15, 0.2) is 5.17 Å². The number of anilines is 1. The van der Waals surface area contributed by atoms with Crippen molar-refractivity contribution in [1.29, 1.82) is 0 Å². The number of aliphatic imine (C=N–C) groups is 1. The van der Waals surface area contributed by atoms with Gasteiger partial charge in [-0.1, -0.05) is 17.8 Å². The average molecular weight is 417 g/mol. The summed E-state index contributed by atoms with van der Waals surface area (Å²) in [6.45, 7) is 3.94. The molecule has 0 saturated carbocycles. The van der Waals surface area contributed by atoms with E-state index < -0.39 is 10.2 Å². The van der Waals surface area contributed by atoms with Gasteiger partial charge in [0.1, 0.15) is 5.25 Å². The van der Waals surface area contributed by atoms with Gasteiger partial charge in [0.25, 0.3) is 5.69 Å². The molecule has 0 radical (unpaired) electrons. The number of hydrogen-bond donors (Lipinski definition) is 1. The molecule has 2 amide bonds. The van der Waals surface area contributed by atoms with E-state index in [0.717, 1.165) is 0 Å². The topological polar surface area (TPSA) is 118 Å². The van der Waals surface area contributed by atoms with Crippen molar-refractivity contribution in [1.82, 2.24) is 9.88 Å². The summed E-state index contributed by atoms with van der Waals surface area (Å²) in [4.78, 5) is 45.1. The van der Waals surface area contributed by atoms with Crippen LogP contribution in [0, 0.1) is 10.1 Å². The maximum absolute atomic E-state index is 12.6. The van der Waals surface area contributed by atoms with E-state index in [1.165, 1.54) is 52.3 Å². The van der Waals surface area contributed by atoms with Crippen LogP contribution in [0.3, 0.4) is 0 Å². The normalized spacial score (nSPS) is 17.7. The lowest BCUT2D eigenvalue weighted by atomic mass is 10.2. The second kappa shape index (κ2) is 8.76. The average Bonchev–Trinajstić information content (AvgIpc) is 3.27. The number of aromatic nitrogens is 1. The molecule has 0 bridgehead atoms. The molecule has 28 heavy (non-hydrogen) atoms. The number of benzene rings is 1. The van der Waals surface area contributed by atoms with E-state index >= 15 is 0 Å². The van der Waals surface area contributed by atoms with E-state index in [1.54, 1.807) is 17.7 Å². The molecule has 1 aliphatic heterocycles. The number of nitro benzene ring substituents is 1. The second-order valence-corrected chi connectivity index (χ2v) is 7.65. The number of carbonyl (C=O) groups excluding carboxylic acids is 2. The number of nitrogens with one attached hydrogen (secondary N) is 1. The van der Waals surface area contributed by atoms with E-state index in [0.29, 0.717) is 16.0 Å². The molecular formula is C17H15N5O4S2. The third kappa shape index (κ3) is 4.61. The molecule has 1 N–H and O–H groups in total. The summed E-state index contributed by atoms with van der Waals surface area (Å²) in [5.74, 6) is -0.590. The number of non-ortho nitro benzene ring substituents is 1. The fourth-order valence-corrected chi connectivity index (χ4v) is 4.13. The maximum Gasteiger partial charge on any atom is 0.269 e. The third-order valence-corrected chi connectivity index (χ3v) is 5.52. The summed E-state index contributed by atoms with van der Waals surface area (Å²) in [6, 6.07) is 5.49. The Kier molecular flexibility index (Phi) is 6.16. The predicted octanol–water partition coefficient (Wildman–Crippen LogP) is 3.20. The quantitative estimate of drug-likeness (QED) is 0.420. The first-order valence-corrected chi connectivity index (χ1v) is 9.85. The van der Waals surface area contributed by atoms with Crippen LogP contribution in [0.15, 0.2) is 53.5 Å². The number of nitro groups is 1. The molecule has 1 fully saturated rings. The van der Waals surface area contributed by atoms with E-state index in [1.807, 2.05) is 0 Å². The minimum atomic E-state index is -0.614. The minimum Gasteiger partial charge on any atom is -0.326 e. The van der Waals surface area contributed by atoms with Gasteiger partial charge in [0.05, 0.1) is 4.92 Å². The van der Waals surface area contributed by atoms with Crippen LogP contribution in [0.5, 0.6) is 0 Å². The first-order valence-electron chi connectivity index (χ1n) is 8.09. The predicted molar refractivity (Wildman–Crippen MR) is 109 cm³/mol. The SMILES string of the molecule is C=CCN1C(=O)C(CC(=O)Nc2ccc([N+](=O)[O-])cc2)S/C1=N/c1nccs1. The summed E-state index contributed by atoms with van der Waals surface area (Å²) in [6.07, 6.45) is 3.17. The number of thiazole rings is 1. The highest BCUT2D eigenvalue weighted by Gasteiger charge is 2.38. The number of amidine groups is 1. The largest absolute Gasteiger partial charge is 0.326 e. The molecule has 1 aromatic heterocycles. The Balaban J connectivity index is 1.67. The molecule has 2 heterocycles. The molecule has 9 nitrogen and oxygen atoms in total. The Morgan fingerprint density at radius 1 is 1.43 bits per heavy atom. The van der Waals surface area contributed by atoms with Crippen LogP contribution in [0.1, 0.15) is 6.42 Å². The lowest BCUT2D eigenvalue weighted by Crippen LogP contribution is -2.33. The van der Waals surface area contributed by atoms with Gasteiger partial charge in [-0.05, 0) is 12.1 Å². The fraction of sp³-hybridized carbons (Fsp3) is 0.176. The summed E-state index contributed by atoms with van der Waals surface area (Å²) in [7, 11) is 0. The van der Waals surface area contributed by atoms with Crippen LogP contribution < -0.4 is 5.32 Å². The molecular weight excluding hydrogens is 402 g/mol. The molecule has 1 aromatic carbocycles. The Labute approximate surface area is 168 Å².